The second kappa shape index (κ2) is 11.4. The molecule has 1 aromatic carbocycles. The second-order valence-electron chi connectivity index (χ2n) is 8.23. The number of nitrogens with zero attached hydrogens (tertiary/aromatic N) is 3. The largest absolute Gasteiger partial charge is 0.478 e. The molecule has 3 rings (SSSR count). The number of nitrogens with one attached hydrogen (secondary N) is 1. The van der Waals surface area contributed by atoms with Crippen LogP contribution >= 0.6 is 0 Å². The van der Waals surface area contributed by atoms with Crippen molar-refractivity contribution in [3.05, 3.63) is 53.2 Å². The van der Waals surface area contributed by atoms with Gasteiger partial charge >= 0.3 is 0 Å². The fourth-order valence-electron chi connectivity index (χ4n) is 3.79. The highest BCUT2D eigenvalue weighted by Crippen LogP contribution is 2.22. The van der Waals surface area contributed by atoms with Crippen LogP contribution in [0.3, 0.4) is 0 Å². The topological polar surface area (TPSA) is 109 Å². The van der Waals surface area contributed by atoms with Crippen molar-refractivity contribution in [2.45, 2.75) is 45.1 Å². The minimum Gasteiger partial charge on any atom is -0.478 e. The van der Waals surface area contributed by atoms with Gasteiger partial charge in [-0.1, -0.05) is 18.2 Å². The van der Waals surface area contributed by atoms with Crippen LogP contribution in [-0.4, -0.2) is 67.2 Å². The van der Waals surface area contributed by atoms with Gasteiger partial charge in [-0.15, -0.1) is 0 Å². The Bertz CT molecular complexity index is 1130. The summed E-state index contributed by atoms with van der Waals surface area (Å²) < 4.78 is 33.0. The van der Waals surface area contributed by atoms with Crippen LogP contribution in [0.2, 0.25) is 0 Å². The number of pyridine rings is 1. The van der Waals surface area contributed by atoms with Gasteiger partial charge in [-0.05, 0) is 44.0 Å². The van der Waals surface area contributed by atoms with Crippen molar-refractivity contribution in [1.82, 2.24) is 19.5 Å². The molecule has 1 aliphatic rings. The molecule has 0 saturated carbocycles. The third kappa shape index (κ3) is 6.32. The van der Waals surface area contributed by atoms with Crippen LogP contribution in [0.15, 0.2) is 41.4 Å². The SMILES string of the molecule is CCOc1ncccc1CNC(=O)CCC(=O)N1CCN(S(=O)(=O)c2cc(C)ccc2C)CC1. The number of aromatic nitrogens is 1. The first kappa shape index (κ1) is 25.6. The van der Waals surface area contributed by atoms with Gasteiger partial charge in [0, 0.05) is 57.3 Å². The summed E-state index contributed by atoms with van der Waals surface area (Å²) in [6.07, 6.45) is 1.76. The maximum Gasteiger partial charge on any atom is 0.243 e. The molecule has 0 aliphatic carbocycles. The van der Waals surface area contributed by atoms with Gasteiger partial charge in [0.2, 0.25) is 27.7 Å². The van der Waals surface area contributed by atoms with Crippen molar-refractivity contribution >= 4 is 21.8 Å². The second-order valence-corrected chi connectivity index (χ2v) is 10.1. The van der Waals surface area contributed by atoms with Crippen molar-refractivity contribution < 1.29 is 22.7 Å². The zero-order valence-electron chi connectivity index (χ0n) is 19.9. The van der Waals surface area contributed by atoms with Crippen molar-refractivity contribution in [3.63, 3.8) is 0 Å². The molecule has 0 spiro atoms. The number of piperazine rings is 1. The Kier molecular flexibility index (Phi) is 8.62. The first-order valence-corrected chi connectivity index (χ1v) is 12.8. The first-order valence-electron chi connectivity index (χ1n) is 11.4. The number of sulfonamides is 1. The zero-order chi connectivity index (χ0) is 24.7. The van der Waals surface area contributed by atoms with E-state index in [1.165, 1.54) is 4.31 Å². The standard InChI is InChI=1S/C24H32N4O5S/c1-4-33-24-20(6-5-11-25-24)17-26-22(29)9-10-23(30)27-12-14-28(15-13-27)34(31,32)21-16-18(2)7-8-19(21)3/h5-8,11,16H,4,9-10,12-15,17H2,1-3H3,(H,26,29). The molecular weight excluding hydrogens is 456 g/mol. The predicted octanol–water partition coefficient (Wildman–Crippen LogP) is 2.03. The molecule has 0 atom stereocenters. The lowest BCUT2D eigenvalue weighted by Crippen LogP contribution is -2.50. The molecule has 1 fully saturated rings. The van der Waals surface area contributed by atoms with Gasteiger partial charge in [-0.3, -0.25) is 9.59 Å². The number of ether oxygens (including phenoxy) is 1. The highest BCUT2D eigenvalue weighted by atomic mass is 32.2. The number of amides is 2. The van der Waals surface area contributed by atoms with Gasteiger partial charge in [-0.2, -0.15) is 4.31 Å². The first-order chi connectivity index (χ1) is 16.2. The summed E-state index contributed by atoms with van der Waals surface area (Å²) in [5, 5.41) is 2.79. The average Bonchev–Trinajstić information content (AvgIpc) is 2.83. The van der Waals surface area contributed by atoms with Crippen molar-refractivity contribution in [1.29, 1.82) is 0 Å². The van der Waals surface area contributed by atoms with E-state index in [2.05, 4.69) is 10.3 Å². The summed E-state index contributed by atoms with van der Waals surface area (Å²) in [7, 11) is -3.62. The minimum absolute atomic E-state index is 0.0596. The Hall–Kier alpha value is -2.98. The Labute approximate surface area is 201 Å². The maximum atomic E-state index is 13.1. The Morgan fingerprint density at radius 1 is 1.09 bits per heavy atom. The zero-order valence-corrected chi connectivity index (χ0v) is 20.7. The average molecular weight is 489 g/mol. The third-order valence-corrected chi connectivity index (χ3v) is 7.77. The van der Waals surface area contributed by atoms with E-state index in [9.17, 15) is 18.0 Å². The summed E-state index contributed by atoms with van der Waals surface area (Å²) in [6, 6.07) is 8.97. The van der Waals surface area contributed by atoms with E-state index in [1.54, 1.807) is 36.2 Å². The Morgan fingerprint density at radius 2 is 1.82 bits per heavy atom. The molecule has 2 amide bonds. The molecule has 1 aromatic heterocycles. The summed E-state index contributed by atoms with van der Waals surface area (Å²) in [4.78, 5) is 30.9. The number of carbonyl (C=O) groups excluding carboxylic acids is 2. The van der Waals surface area contributed by atoms with E-state index in [4.69, 9.17) is 4.74 Å². The van der Waals surface area contributed by atoms with Gasteiger partial charge in [0.1, 0.15) is 0 Å². The van der Waals surface area contributed by atoms with Crippen LogP contribution < -0.4 is 10.1 Å². The smallest absolute Gasteiger partial charge is 0.243 e. The molecule has 2 heterocycles. The van der Waals surface area contributed by atoms with Gasteiger partial charge in [0.25, 0.3) is 0 Å². The molecule has 0 bridgehead atoms. The number of rotatable bonds is 9. The molecule has 10 heteroatoms. The summed E-state index contributed by atoms with van der Waals surface area (Å²) >= 11 is 0. The van der Waals surface area contributed by atoms with E-state index >= 15 is 0 Å². The van der Waals surface area contributed by atoms with Crippen LogP contribution in [-0.2, 0) is 26.2 Å². The lowest BCUT2D eigenvalue weighted by molar-refractivity contribution is -0.134. The molecule has 2 aromatic rings. The minimum atomic E-state index is -3.62. The normalized spacial score (nSPS) is 14.6. The van der Waals surface area contributed by atoms with Gasteiger partial charge in [-0.25, -0.2) is 13.4 Å². The van der Waals surface area contributed by atoms with Crippen LogP contribution in [0.5, 0.6) is 5.88 Å². The van der Waals surface area contributed by atoms with Gasteiger partial charge in [0.15, 0.2) is 0 Å². The number of benzene rings is 1. The summed E-state index contributed by atoms with van der Waals surface area (Å²) in [5.41, 5.74) is 2.36. The van der Waals surface area contributed by atoms with Crippen LogP contribution in [0.4, 0.5) is 0 Å². The molecule has 1 N–H and O–H groups in total. The lowest BCUT2D eigenvalue weighted by Gasteiger charge is -2.34. The number of hydrogen-bond donors (Lipinski definition) is 1. The van der Waals surface area contributed by atoms with Crippen molar-refractivity contribution in [2.75, 3.05) is 32.8 Å². The Morgan fingerprint density at radius 3 is 2.53 bits per heavy atom. The van der Waals surface area contributed by atoms with E-state index in [1.807, 2.05) is 26.0 Å². The molecule has 9 nitrogen and oxygen atoms in total. The van der Waals surface area contributed by atoms with Crippen LogP contribution in [0.25, 0.3) is 0 Å². The molecule has 184 valence electrons. The fourth-order valence-corrected chi connectivity index (χ4v) is 5.52. The summed E-state index contributed by atoms with van der Waals surface area (Å²) in [6.45, 7) is 7.32. The quantitative estimate of drug-likeness (QED) is 0.579. The highest BCUT2D eigenvalue weighted by molar-refractivity contribution is 7.89. The van der Waals surface area contributed by atoms with E-state index in [-0.39, 0.29) is 44.3 Å². The third-order valence-electron chi connectivity index (χ3n) is 5.73. The molecule has 34 heavy (non-hydrogen) atoms. The molecule has 1 saturated heterocycles. The van der Waals surface area contributed by atoms with E-state index in [0.717, 1.165) is 11.1 Å². The number of aryl methyl sites for hydroxylation is 2. The highest BCUT2D eigenvalue weighted by Gasteiger charge is 2.31. The van der Waals surface area contributed by atoms with Gasteiger partial charge < -0.3 is 15.0 Å². The Balaban J connectivity index is 1.47. The van der Waals surface area contributed by atoms with Gasteiger partial charge in [0.05, 0.1) is 11.5 Å². The number of carbonyl (C=O) groups is 2. The van der Waals surface area contributed by atoms with E-state index < -0.39 is 10.0 Å². The monoisotopic (exact) mass is 488 g/mol. The summed E-state index contributed by atoms with van der Waals surface area (Å²) in [5.74, 6) is 0.0844. The number of hydrogen-bond acceptors (Lipinski definition) is 6. The molecule has 1 aliphatic heterocycles. The van der Waals surface area contributed by atoms with E-state index in [0.29, 0.717) is 36.0 Å². The molecule has 0 radical (unpaired) electrons. The fraction of sp³-hybridized carbons (Fsp3) is 0.458. The lowest BCUT2D eigenvalue weighted by atomic mass is 10.2. The molecule has 0 unspecified atom stereocenters. The predicted molar refractivity (Wildman–Crippen MR) is 128 cm³/mol. The van der Waals surface area contributed by atoms with Crippen LogP contribution in [0.1, 0.15) is 36.5 Å². The van der Waals surface area contributed by atoms with Crippen molar-refractivity contribution in [3.8, 4) is 5.88 Å². The van der Waals surface area contributed by atoms with Crippen molar-refractivity contribution in [2.24, 2.45) is 0 Å². The molecular formula is C24H32N4O5S. The van der Waals surface area contributed by atoms with Crippen LogP contribution in [0, 0.1) is 13.8 Å². The maximum absolute atomic E-state index is 13.1.